The number of hydrogen-bond acceptors (Lipinski definition) is 7. The number of fused-ring (bicyclic) bond motifs is 1. The van der Waals surface area contributed by atoms with Crippen LogP contribution < -0.4 is 20.0 Å². The maximum Gasteiger partial charge on any atom is 0.434 e. The second-order valence-electron chi connectivity index (χ2n) is 7.07. The number of ether oxygens (including phenoxy) is 2. The highest BCUT2D eigenvalue weighted by molar-refractivity contribution is 7.89. The molecule has 0 spiro atoms. The average molecular weight is 466 g/mol. The van der Waals surface area contributed by atoms with Crippen LogP contribution in [-0.2, 0) is 16.4 Å². The normalized spacial score (nSPS) is 15.2. The number of nitrogens with one attached hydrogen (secondary N) is 2. The summed E-state index contributed by atoms with van der Waals surface area (Å²) >= 11 is 5.96. The van der Waals surface area contributed by atoms with Crippen LogP contribution in [0.1, 0.15) is 35.9 Å². The van der Waals surface area contributed by atoms with Crippen molar-refractivity contribution in [3.8, 4) is 11.5 Å². The number of nitrogens with zero attached hydrogens (tertiary/aromatic N) is 1. The summed E-state index contributed by atoms with van der Waals surface area (Å²) in [5, 5.41) is 6.38. The lowest BCUT2D eigenvalue weighted by Gasteiger charge is -2.24. The molecule has 2 aromatic carbocycles. The Balaban J connectivity index is 1.77. The van der Waals surface area contributed by atoms with Gasteiger partial charge in [-0.25, -0.2) is 18.3 Å². The highest BCUT2D eigenvalue weighted by Crippen LogP contribution is 2.40. The first-order valence-electron chi connectivity index (χ1n) is 9.46. The molecule has 11 heteroatoms. The Morgan fingerprint density at radius 3 is 2.81 bits per heavy atom. The highest BCUT2D eigenvalue weighted by atomic mass is 35.5. The van der Waals surface area contributed by atoms with E-state index in [9.17, 15) is 13.2 Å². The van der Waals surface area contributed by atoms with E-state index >= 15 is 0 Å². The third-order valence-corrected chi connectivity index (χ3v) is 6.87. The van der Waals surface area contributed by atoms with Crippen LogP contribution in [0.2, 0.25) is 5.02 Å². The third-order valence-electron chi connectivity index (χ3n) is 5.15. The number of aromatic nitrogens is 2. The average Bonchev–Trinajstić information content (AvgIpc) is 3.39. The van der Waals surface area contributed by atoms with E-state index in [-0.39, 0.29) is 16.5 Å². The Morgan fingerprint density at radius 2 is 2.10 bits per heavy atom. The molecule has 2 heterocycles. The minimum Gasteiger partial charge on any atom is -0.495 e. The van der Waals surface area contributed by atoms with Gasteiger partial charge in [0.05, 0.1) is 13.7 Å². The number of rotatable bonds is 7. The van der Waals surface area contributed by atoms with Gasteiger partial charge in [0.15, 0.2) is 0 Å². The molecular formula is C20H20ClN3O6S. The summed E-state index contributed by atoms with van der Waals surface area (Å²) in [6.45, 7) is 2.35. The van der Waals surface area contributed by atoms with Gasteiger partial charge in [-0.2, -0.15) is 4.72 Å². The quantitative estimate of drug-likeness (QED) is 0.549. The number of sulfonamides is 1. The predicted octanol–water partition coefficient (Wildman–Crippen LogP) is 2.78. The molecule has 0 amide bonds. The smallest absolute Gasteiger partial charge is 0.434 e. The van der Waals surface area contributed by atoms with Crippen LogP contribution in [0.5, 0.6) is 11.5 Å². The fourth-order valence-corrected chi connectivity index (χ4v) is 5.20. The Kier molecular flexibility index (Phi) is 5.78. The molecule has 31 heavy (non-hydrogen) atoms. The van der Waals surface area contributed by atoms with Crippen molar-refractivity contribution >= 4 is 21.6 Å². The first-order valence-corrected chi connectivity index (χ1v) is 11.3. The number of methoxy groups -OCH3 is 1. The molecule has 1 aromatic heterocycles. The molecule has 164 valence electrons. The number of H-pyrrole nitrogens is 1. The van der Waals surface area contributed by atoms with Gasteiger partial charge in [0.25, 0.3) is 0 Å². The van der Waals surface area contributed by atoms with Crippen LogP contribution in [0, 0.1) is 0 Å². The fraction of sp³-hybridized carbons (Fsp3) is 0.300. The number of halogens is 1. The zero-order valence-corrected chi connectivity index (χ0v) is 18.3. The van der Waals surface area contributed by atoms with Crippen molar-refractivity contribution in [1.82, 2.24) is 14.9 Å². The van der Waals surface area contributed by atoms with E-state index in [4.69, 9.17) is 25.5 Å². The minimum atomic E-state index is -4.12. The second kappa shape index (κ2) is 8.37. The van der Waals surface area contributed by atoms with Crippen LogP contribution in [0.15, 0.2) is 50.5 Å². The standard InChI is InChI=1S/C20H20ClN3O6S/c1-11(14-5-3-4-12-8-9-29-18(12)14)17(19-22-23-20(25)30-19)24-31(26,27)16-7-6-13(21)10-15(16)28-2/h3-7,10-11,17,24H,8-9H2,1-2H3,(H,23,25)/t11-,17+/m1/s1. The van der Waals surface area contributed by atoms with E-state index in [2.05, 4.69) is 14.9 Å². The van der Waals surface area contributed by atoms with Crippen molar-refractivity contribution in [3.63, 3.8) is 0 Å². The fourth-order valence-electron chi connectivity index (χ4n) is 3.61. The molecule has 0 saturated heterocycles. The maximum absolute atomic E-state index is 13.3. The molecular weight excluding hydrogens is 446 g/mol. The molecule has 1 aliphatic rings. The molecule has 9 nitrogen and oxygen atoms in total. The Morgan fingerprint density at radius 1 is 1.29 bits per heavy atom. The molecule has 2 atom stereocenters. The summed E-state index contributed by atoms with van der Waals surface area (Å²) in [6, 6.07) is 8.89. The molecule has 0 unspecified atom stereocenters. The molecule has 0 bridgehead atoms. The lowest BCUT2D eigenvalue weighted by Crippen LogP contribution is -2.32. The summed E-state index contributed by atoms with van der Waals surface area (Å²) in [5.41, 5.74) is 1.81. The molecule has 4 rings (SSSR count). The minimum absolute atomic E-state index is 0.0822. The van der Waals surface area contributed by atoms with E-state index in [0.29, 0.717) is 17.4 Å². The van der Waals surface area contributed by atoms with Crippen molar-refractivity contribution < 1.29 is 22.3 Å². The van der Waals surface area contributed by atoms with Crippen molar-refractivity contribution in [2.24, 2.45) is 0 Å². The van der Waals surface area contributed by atoms with Gasteiger partial charge in [-0.1, -0.05) is 36.7 Å². The molecule has 0 radical (unpaired) electrons. The van der Waals surface area contributed by atoms with E-state index in [1.54, 1.807) is 6.92 Å². The van der Waals surface area contributed by atoms with Crippen molar-refractivity contribution in [3.05, 3.63) is 69.0 Å². The lowest BCUT2D eigenvalue weighted by molar-refractivity contribution is 0.341. The summed E-state index contributed by atoms with van der Waals surface area (Å²) in [4.78, 5) is 11.5. The van der Waals surface area contributed by atoms with E-state index in [1.807, 2.05) is 18.2 Å². The second-order valence-corrected chi connectivity index (χ2v) is 9.19. The molecule has 3 aromatic rings. The largest absolute Gasteiger partial charge is 0.495 e. The van der Waals surface area contributed by atoms with Crippen LogP contribution in [0.4, 0.5) is 0 Å². The summed E-state index contributed by atoms with van der Waals surface area (Å²) < 4.78 is 45.2. The molecule has 1 aliphatic heterocycles. The highest BCUT2D eigenvalue weighted by Gasteiger charge is 2.34. The number of aromatic amines is 1. The van der Waals surface area contributed by atoms with Crippen LogP contribution >= 0.6 is 11.6 Å². The van der Waals surface area contributed by atoms with Gasteiger partial charge in [0, 0.05) is 23.4 Å². The van der Waals surface area contributed by atoms with E-state index < -0.39 is 27.7 Å². The molecule has 0 saturated carbocycles. The SMILES string of the molecule is COc1cc(Cl)ccc1S(=O)(=O)N[C@H](c1n[nH]c(=O)o1)[C@H](C)c1cccc2c1OCC2. The Bertz CT molecular complexity index is 1270. The maximum atomic E-state index is 13.3. The van der Waals surface area contributed by atoms with Gasteiger partial charge in [-0.15, -0.1) is 5.10 Å². The lowest BCUT2D eigenvalue weighted by atomic mass is 9.91. The van der Waals surface area contributed by atoms with Gasteiger partial charge in [-0.3, -0.25) is 0 Å². The summed E-state index contributed by atoms with van der Waals surface area (Å²) in [6.07, 6.45) is 0.770. The Hall–Kier alpha value is -2.82. The molecule has 2 N–H and O–H groups in total. The third kappa shape index (κ3) is 4.18. The van der Waals surface area contributed by atoms with Gasteiger partial charge in [-0.05, 0) is 23.3 Å². The number of hydrogen-bond donors (Lipinski definition) is 2. The molecule has 0 aliphatic carbocycles. The summed E-state index contributed by atoms with van der Waals surface area (Å²) in [7, 11) is -2.77. The summed E-state index contributed by atoms with van der Waals surface area (Å²) in [5.74, 6) is -0.567. The van der Waals surface area contributed by atoms with Gasteiger partial charge >= 0.3 is 5.76 Å². The predicted molar refractivity (Wildman–Crippen MR) is 112 cm³/mol. The van der Waals surface area contributed by atoms with Crippen molar-refractivity contribution in [1.29, 1.82) is 0 Å². The first-order chi connectivity index (χ1) is 14.8. The van der Waals surface area contributed by atoms with Gasteiger partial charge in [0.1, 0.15) is 22.4 Å². The van der Waals surface area contributed by atoms with Crippen LogP contribution in [0.3, 0.4) is 0 Å². The van der Waals surface area contributed by atoms with Crippen molar-refractivity contribution in [2.45, 2.75) is 30.2 Å². The zero-order valence-electron chi connectivity index (χ0n) is 16.7. The van der Waals surface area contributed by atoms with E-state index in [1.165, 1.54) is 25.3 Å². The Labute approximate surface area is 183 Å². The monoisotopic (exact) mass is 465 g/mol. The van der Waals surface area contributed by atoms with Gasteiger partial charge < -0.3 is 13.9 Å². The van der Waals surface area contributed by atoms with Crippen LogP contribution in [0.25, 0.3) is 0 Å². The topological polar surface area (TPSA) is 124 Å². The molecule has 0 fully saturated rings. The van der Waals surface area contributed by atoms with Crippen molar-refractivity contribution in [2.75, 3.05) is 13.7 Å². The number of para-hydroxylation sites is 1. The number of benzene rings is 2. The van der Waals surface area contributed by atoms with E-state index in [0.717, 1.165) is 17.5 Å². The van der Waals surface area contributed by atoms with Gasteiger partial charge in [0.2, 0.25) is 15.9 Å². The zero-order chi connectivity index (χ0) is 22.2. The first kappa shape index (κ1) is 21.4. The van der Waals surface area contributed by atoms with Crippen LogP contribution in [-0.4, -0.2) is 32.3 Å².